The minimum atomic E-state index is -1.48. The van der Waals surface area contributed by atoms with Crippen molar-refractivity contribution in [1.29, 1.82) is 0 Å². The van der Waals surface area contributed by atoms with Crippen LogP contribution in [-0.4, -0.2) is 27.3 Å². The zero-order valence-electron chi connectivity index (χ0n) is 12.3. The molecule has 0 amide bonds. The van der Waals surface area contributed by atoms with Crippen molar-refractivity contribution in [3.8, 4) is 5.88 Å². The molecular weight excluding hydrogens is 299 g/mol. The van der Waals surface area contributed by atoms with Crippen molar-refractivity contribution in [3.63, 3.8) is 0 Å². The van der Waals surface area contributed by atoms with Crippen molar-refractivity contribution in [1.82, 2.24) is 9.97 Å². The molecule has 0 saturated heterocycles. The average Bonchev–Trinajstić information content (AvgIpc) is 2.60. The first-order chi connectivity index (χ1) is 11.1. The Bertz CT molecular complexity index is 827. The zero-order chi connectivity index (χ0) is 16.4. The Balaban J connectivity index is 2.12. The van der Waals surface area contributed by atoms with E-state index < -0.39 is 18.0 Å². The molecule has 0 radical (unpaired) electrons. The summed E-state index contributed by atoms with van der Waals surface area (Å²) in [4.78, 5) is 8.10. The van der Waals surface area contributed by atoms with Crippen molar-refractivity contribution < 1.29 is 19.3 Å². The smallest absolute Gasteiger partial charge is 0.213 e. The number of pyridine rings is 2. The SMILES string of the molecule is COc1ccc2ncc(F)c(C(O)C(O)c3ccccc3)c2n1. The monoisotopic (exact) mass is 314 g/mol. The number of hydrogen-bond donors (Lipinski definition) is 2. The van der Waals surface area contributed by atoms with E-state index in [4.69, 9.17) is 4.74 Å². The van der Waals surface area contributed by atoms with E-state index in [0.717, 1.165) is 6.20 Å². The Morgan fingerprint density at radius 3 is 2.48 bits per heavy atom. The Morgan fingerprint density at radius 1 is 1.04 bits per heavy atom. The van der Waals surface area contributed by atoms with Gasteiger partial charge in [0.2, 0.25) is 5.88 Å². The molecule has 0 saturated carbocycles. The molecule has 0 aliphatic rings. The fraction of sp³-hybridized carbons (Fsp3) is 0.176. The predicted molar refractivity (Wildman–Crippen MR) is 82.4 cm³/mol. The van der Waals surface area contributed by atoms with Crippen LogP contribution < -0.4 is 4.74 Å². The van der Waals surface area contributed by atoms with Gasteiger partial charge in [-0.2, -0.15) is 0 Å². The van der Waals surface area contributed by atoms with Gasteiger partial charge in [0.05, 0.1) is 18.8 Å². The third kappa shape index (κ3) is 2.86. The number of hydrogen-bond acceptors (Lipinski definition) is 5. The van der Waals surface area contributed by atoms with Crippen molar-refractivity contribution in [3.05, 3.63) is 65.6 Å². The first-order valence-corrected chi connectivity index (χ1v) is 7.02. The van der Waals surface area contributed by atoms with Crippen LogP contribution in [0.4, 0.5) is 4.39 Å². The minimum Gasteiger partial charge on any atom is -0.481 e. The largest absolute Gasteiger partial charge is 0.481 e. The van der Waals surface area contributed by atoms with Gasteiger partial charge >= 0.3 is 0 Å². The molecule has 0 aliphatic carbocycles. The molecule has 0 spiro atoms. The van der Waals surface area contributed by atoms with Crippen molar-refractivity contribution in [2.24, 2.45) is 0 Å². The van der Waals surface area contributed by atoms with Gasteiger partial charge in [-0.05, 0) is 11.6 Å². The first kappa shape index (κ1) is 15.3. The molecule has 0 fully saturated rings. The highest BCUT2D eigenvalue weighted by Gasteiger charge is 2.26. The van der Waals surface area contributed by atoms with Gasteiger partial charge in [0, 0.05) is 11.6 Å². The van der Waals surface area contributed by atoms with Gasteiger partial charge < -0.3 is 14.9 Å². The molecule has 0 aliphatic heterocycles. The molecule has 2 unspecified atom stereocenters. The molecule has 3 aromatic rings. The van der Waals surface area contributed by atoms with Gasteiger partial charge in [0.25, 0.3) is 0 Å². The number of aromatic nitrogens is 2. The van der Waals surface area contributed by atoms with Crippen LogP contribution >= 0.6 is 0 Å². The van der Waals surface area contributed by atoms with E-state index >= 15 is 0 Å². The van der Waals surface area contributed by atoms with Crippen LogP contribution in [0.2, 0.25) is 0 Å². The Hall–Kier alpha value is -2.57. The second kappa shape index (κ2) is 6.28. The minimum absolute atomic E-state index is 0.106. The second-order valence-corrected chi connectivity index (χ2v) is 5.04. The molecular formula is C17H15FN2O3. The Kier molecular flexibility index (Phi) is 4.18. The summed E-state index contributed by atoms with van der Waals surface area (Å²) in [6.45, 7) is 0. The van der Waals surface area contributed by atoms with Gasteiger partial charge in [-0.25, -0.2) is 9.37 Å². The van der Waals surface area contributed by atoms with Crippen molar-refractivity contribution in [2.75, 3.05) is 7.11 Å². The third-order valence-electron chi connectivity index (χ3n) is 3.62. The number of aliphatic hydroxyl groups excluding tert-OH is 2. The maximum absolute atomic E-state index is 14.3. The van der Waals surface area contributed by atoms with Gasteiger partial charge in [0.15, 0.2) is 0 Å². The lowest BCUT2D eigenvalue weighted by Gasteiger charge is -2.20. The molecule has 6 heteroatoms. The molecule has 118 valence electrons. The topological polar surface area (TPSA) is 75.5 Å². The number of nitrogens with zero attached hydrogens (tertiary/aromatic N) is 2. The van der Waals surface area contributed by atoms with E-state index in [9.17, 15) is 14.6 Å². The molecule has 2 heterocycles. The number of methoxy groups -OCH3 is 1. The predicted octanol–water partition coefficient (Wildman–Crippen LogP) is 2.54. The van der Waals surface area contributed by atoms with Crippen LogP contribution in [0.3, 0.4) is 0 Å². The number of benzene rings is 1. The summed E-state index contributed by atoms with van der Waals surface area (Å²) >= 11 is 0. The lowest BCUT2D eigenvalue weighted by molar-refractivity contribution is 0.0159. The summed E-state index contributed by atoms with van der Waals surface area (Å²) in [5, 5.41) is 20.8. The number of aliphatic hydroxyl groups is 2. The highest BCUT2D eigenvalue weighted by molar-refractivity contribution is 5.79. The number of halogens is 1. The van der Waals surface area contributed by atoms with Gasteiger partial charge in [0.1, 0.15) is 23.5 Å². The molecule has 2 N–H and O–H groups in total. The lowest BCUT2D eigenvalue weighted by Crippen LogP contribution is -2.13. The molecule has 0 bridgehead atoms. The summed E-state index contributed by atoms with van der Waals surface area (Å²) < 4.78 is 19.3. The Labute approximate surface area is 132 Å². The Morgan fingerprint density at radius 2 is 1.78 bits per heavy atom. The maximum atomic E-state index is 14.3. The van der Waals surface area contributed by atoms with Crippen LogP contribution in [0.25, 0.3) is 11.0 Å². The number of fused-ring (bicyclic) bond motifs is 1. The number of ether oxygens (including phenoxy) is 1. The first-order valence-electron chi connectivity index (χ1n) is 7.02. The van der Waals surface area contributed by atoms with Crippen molar-refractivity contribution >= 4 is 11.0 Å². The van der Waals surface area contributed by atoms with E-state index in [2.05, 4.69) is 9.97 Å². The third-order valence-corrected chi connectivity index (χ3v) is 3.62. The molecule has 23 heavy (non-hydrogen) atoms. The fourth-order valence-electron chi connectivity index (χ4n) is 2.43. The average molecular weight is 314 g/mol. The molecule has 2 atom stereocenters. The van der Waals surface area contributed by atoms with Gasteiger partial charge in [-0.3, -0.25) is 4.98 Å². The van der Waals surface area contributed by atoms with E-state index in [1.54, 1.807) is 42.5 Å². The molecule has 5 nitrogen and oxygen atoms in total. The van der Waals surface area contributed by atoms with E-state index in [1.807, 2.05) is 0 Å². The van der Waals surface area contributed by atoms with Crippen molar-refractivity contribution in [2.45, 2.75) is 12.2 Å². The molecule has 3 rings (SSSR count). The maximum Gasteiger partial charge on any atom is 0.213 e. The quantitative estimate of drug-likeness (QED) is 0.774. The van der Waals surface area contributed by atoms with E-state index in [0.29, 0.717) is 11.1 Å². The molecule has 1 aromatic carbocycles. The van der Waals surface area contributed by atoms with Gasteiger partial charge in [-0.1, -0.05) is 30.3 Å². The van der Waals surface area contributed by atoms with Crippen LogP contribution in [0.1, 0.15) is 23.3 Å². The number of rotatable bonds is 4. The highest BCUT2D eigenvalue weighted by Crippen LogP contribution is 2.34. The summed E-state index contributed by atoms with van der Waals surface area (Å²) in [6, 6.07) is 11.8. The second-order valence-electron chi connectivity index (χ2n) is 5.04. The van der Waals surface area contributed by atoms with Crippen LogP contribution in [0.15, 0.2) is 48.7 Å². The normalized spacial score (nSPS) is 13.7. The summed E-state index contributed by atoms with van der Waals surface area (Å²) in [5.74, 6) is -0.465. The summed E-state index contributed by atoms with van der Waals surface area (Å²) in [7, 11) is 1.44. The van der Waals surface area contributed by atoms with Crippen LogP contribution in [0, 0.1) is 5.82 Å². The fourth-order valence-corrected chi connectivity index (χ4v) is 2.43. The molecule has 2 aromatic heterocycles. The van der Waals surface area contributed by atoms with E-state index in [-0.39, 0.29) is 17.0 Å². The van der Waals surface area contributed by atoms with E-state index in [1.165, 1.54) is 7.11 Å². The zero-order valence-corrected chi connectivity index (χ0v) is 12.3. The lowest BCUT2D eigenvalue weighted by atomic mass is 9.97. The highest BCUT2D eigenvalue weighted by atomic mass is 19.1. The van der Waals surface area contributed by atoms with Crippen LogP contribution in [-0.2, 0) is 0 Å². The van der Waals surface area contributed by atoms with Gasteiger partial charge in [-0.15, -0.1) is 0 Å². The van der Waals surface area contributed by atoms with Crippen LogP contribution in [0.5, 0.6) is 5.88 Å². The summed E-state index contributed by atoms with van der Waals surface area (Å²) in [5.41, 5.74) is 0.936. The standard InChI is InChI=1S/C17H15FN2O3/c1-23-13-8-7-12-15(20-13)14(11(18)9-19-12)17(22)16(21)10-5-3-2-4-6-10/h2-9,16-17,21-22H,1H3. The summed E-state index contributed by atoms with van der Waals surface area (Å²) in [6.07, 6.45) is -1.76.